The summed E-state index contributed by atoms with van der Waals surface area (Å²) < 4.78 is 38.5. The molecule has 9 heteroatoms. The summed E-state index contributed by atoms with van der Waals surface area (Å²) in [6.07, 6.45) is 1.15. The monoisotopic (exact) mass is 344 g/mol. The fraction of sp³-hybridized carbons (Fsp3) is 0.571. The highest BCUT2D eigenvalue weighted by Crippen LogP contribution is 2.38. The Balaban J connectivity index is 2.56. The van der Waals surface area contributed by atoms with Gasteiger partial charge in [0.15, 0.2) is 16.4 Å². The second kappa shape index (κ2) is 6.32. The molecule has 1 aliphatic rings. The maximum atomic E-state index is 12.6. The summed E-state index contributed by atoms with van der Waals surface area (Å²) in [6.45, 7) is 5.96. The van der Waals surface area contributed by atoms with Crippen molar-refractivity contribution < 1.29 is 22.8 Å². The van der Waals surface area contributed by atoms with Gasteiger partial charge in [0.25, 0.3) is 5.69 Å². The Hall–Kier alpha value is -1.87. The maximum Gasteiger partial charge on any atom is 0.293 e. The minimum atomic E-state index is -4.08. The first kappa shape index (κ1) is 17.5. The van der Waals surface area contributed by atoms with Gasteiger partial charge in [-0.3, -0.25) is 10.1 Å². The van der Waals surface area contributed by atoms with E-state index in [4.69, 9.17) is 9.47 Å². The molecule has 0 aromatic heterocycles. The lowest BCUT2D eigenvalue weighted by Crippen LogP contribution is -2.42. The van der Waals surface area contributed by atoms with Crippen molar-refractivity contribution in [1.29, 1.82) is 0 Å². The predicted molar refractivity (Wildman–Crippen MR) is 83.4 cm³/mol. The molecular weight excluding hydrogens is 324 g/mol. The molecule has 0 fully saturated rings. The van der Waals surface area contributed by atoms with Crippen LogP contribution in [0.3, 0.4) is 0 Å². The lowest BCUT2D eigenvalue weighted by Gasteiger charge is -2.24. The van der Waals surface area contributed by atoms with Gasteiger partial charge in [-0.1, -0.05) is 6.92 Å². The Bertz CT molecular complexity index is 714. The van der Waals surface area contributed by atoms with Crippen LogP contribution < -0.4 is 14.2 Å². The fourth-order valence-corrected chi connectivity index (χ4v) is 3.68. The van der Waals surface area contributed by atoms with Crippen LogP contribution in [0.15, 0.2) is 17.0 Å². The van der Waals surface area contributed by atoms with E-state index >= 15 is 0 Å². The topological polar surface area (TPSA) is 108 Å². The van der Waals surface area contributed by atoms with Crippen molar-refractivity contribution >= 4 is 15.7 Å². The lowest BCUT2D eigenvalue weighted by atomic mass is 10.0. The van der Waals surface area contributed by atoms with Gasteiger partial charge in [-0.25, -0.2) is 13.1 Å². The number of hydrogen-bond acceptors (Lipinski definition) is 6. The molecule has 0 atom stereocenters. The van der Waals surface area contributed by atoms with Gasteiger partial charge in [-0.2, -0.15) is 0 Å². The van der Waals surface area contributed by atoms with Gasteiger partial charge >= 0.3 is 0 Å². The van der Waals surface area contributed by atoms with Crippen LogP contribution in [-0.2, 0) is 10.0 Å². The Kier molecular flexibility index (Phi) is 4.81. The van der Waals surface area contributed by atoms with Crippen LogP contribution in [0.5, 0.6) is 11.5 Å². The average molecular weight is 344 g/mol. The van der Waals surface area contributed by atoms with Crippen molar-refractivity contribution in [3.8, 4) is 11.5 Å². The highest BCUT2D eigenvalue weighted by molar-refractivity contribution is 7.89. The number of nitrogens with zero attached hydrogens (tertiary/aromatic N) is 1. The lowest BCUT2D eigenvalue weighted by molar-refractivity contribution is -0.387. The van der Waals surface area contributed by atoms with Crippen LogP contribution in [0, 0.1) is 10.1 Å². The third kappa shape index (κ3) is 3.91. The Morgan fingerprint density at radius 2 is 1.83 bits per heavy atom. The fourth-order valence-electron chi connectivity index (χ4n) is 2.03. The molecule has 1 aliphatic heterocycles. The molecule has 0 amide bonds. The van der Waals surface area contributed by atoms with E-state index in [9.17, 15) is 18.5 Å². The highest BCUT2D eigenvalue weighted by Gasteiger charge is 2.33. The number of sulfonamides is 1. The molecule has 128 valence electrons. The molecule has 0 bridgehead atoms. The van der Waals surface area contributed by atoms with Gasteiger partial charge in [-0.05, 0) is 20.3 Å². The molecule has 1 aromatic carbocycles. The first-order chi connectivity index (χ1) is 10.7. The standard InChI is InChI=1S/C14H20N2O6S/c1-4-14(2,3)15-23(19,20)13-9-12-11(8-10(13)16(17)18)21-6-5-7-22-12/h8-9,15H,4-7H2,1-3H3. The molecule has 2 rings (SSSR count). The number of nitrogens with one attached hydrogen (secondary N) is 1. The zero-order chi connectivity index (χ0) is 17.3. The summed E-state index contributed by atoms with van der Waals surface area (Å²) >= 11 is 0. The van der Waals surface area contributed by atoms with Crippen molar-refractivity contribution in [2.24, 2.45) is 0 Å². The van der Waals surface area contributed by atoms with E-state index in [0.717, 1.165) is 12.1 Å². The molecule has 0 saturated heterocycles. The molecule has 0 aliphatic carbocycles. The second-order valence-electron chi connectivity index (χ2n) is 5.92. The normalized spacial score (nSPS) is 15.1. The number of nitro groups is 1. The summed E-state index contributed by atoms with van der Waals surface area (Å²) in [5, 5.41) is 11.3. The van der Waals surface area contributed by atoms with Crippen molar-refractivity contribution in [1.82, 2.24) is 4.72 Å². The van der Waals surface area contributed by atoms with Crippen LogP contribution in [0.2, 0.25) is 0 Å². The summed E-state index contributed by atoms with van der Waals surface area (Å²) in [5.41, 5.74) is -1.26. The van der Waals surface area contributed by atoms with E-state index < -0.39 is 31.1 Å². The van der Waals surface area contributed by atoms with Gasteiger partial charge in [0.2, 0.25) is 10.0 Å². The van der Waals surface area contributed by atoms with Crippen molar-refractivity contribution in [2.45, 2.75) is 44.0 Å². The Morgan fingerprint density at radius 1 is 1.26 bits per heavy atom. The molecule has 0 spiro atoms. The summed E-state index contributed by atoms with van der Waals surface area (Å²) in [4.78, 5) is 10.1. The minimum absolute atomic E-state index is 0.183. The molecule has 0 unspecified atom stereocenters. The summed E-state index contributed by atoms with van der Waals surface area (Å²) in [6, 6.07) is 2.26. The zero-order valence-electron chi connectivity index (χ0n) is 13.3. The Morgan fingerprint density at radius 3 is 2.35 bits per heavy atom. The molecule has 1 N–H and O–H groups in total. The summed E-state index contributed by atoms with van der Waals surface area (Å²) in [7, 11) is -4.08. The predicted octanol–water partition coefficient (Wildman–Crippen LogP) is 2.22. The first-order valence-corrected chi connectivity index (χ1v) is 8.76. The third-order valence-electron chi connectivity index (χ3n) is 3.61. The average Bonchev–Trinajstić information content (AvgIpc) is 2.69. The smallest absolute Gasteiger partial charge is 0.293 e. The Labute approximate surface area is 135 Å². The van der Waals surface area contributed by atoms with E-state index in [1.807, 2.05) is 6.92 Å². The van der Waals surface area contributed by atoms with Crippen molar-refractivity contribution in [2.75, 3.05) is 13.2 Å². The number of benzene rings is 1. The van der Waals surface area contributed by atoms with Crippen LogP contribution in [0.4, 0.5) is 5.69 Å². The number of ether oxygens (including phenoxy) is 2. The minimum Gasteiger partial charge on any atom is -0.490 e. The molecule has 0 saturated carbocycles. The van der Waals surface area contributed by atoms with Crippen molar-refractivity contribution in [3.05, 3.63) is 22.2 Å². The molecular formula is C14H20N2O6S. The van der Waals surface area contributed by atoms with Crippen molar-refractivity contribution in [3.63, 3.8) is 0 Å². The zero-order valence-corrected chi connectivity index (χ0v) is 14.1. The number of fused-ring (bicyclic) bond motifs is 1. The second-order valence-corrected chi connectivity index (χ2v) is 7.57. The van der Waals surface area contributed by atoms with E-state index in [0.29, 0.717) is 26.1 Å². The maximum absolute atomic E-state index is 12.6. The third-order valence-corrected chi connectivity index (χ3v) is 5.34. The van der Waals surface area contributed by atoms with E-state index in [2.05, 4.69) is 4.72 Å². The number of hydrogen-bond donors (Lipinski definition) is 1. The molecule has 1 aromatic rings. The van der Waals surface area contributed by atoms with Gasteiger partial charge in [0, 0.05) is 18.0 Å². The van der Waals surface area contributed by atoms with Crippen LogP contribution in [0.25, 0.3) is 0 Å². The molecule has 8 nitrogen and oxygen atoms in total. The van der Waals surface area contributed by atoms with Crippen LogP contribution >= 0.6 is 0 Å². The van der Waals surface area contributed by atoms with Gasteiger partial charge in [-0.15, -0.1) is 0 Å². The molecule has 0 radical (unpaired) electrons. The van der Waals surface area contributed by atoms with E-state index in [-0.39, 0.29) is 11.5 Å². The molecule has 23 heavy (non-hydrogen) atoms. The quantitative estimate of drug-likeness (QED) is 0.648. The van der Waals surface area contributed by atoms with Crippen LogP contribution in [0.1, 0.15) is 33.6 Å². The van der Waals surface area contributed by atoms with Gasteiger partial charge < -0.3 is 9.47 Å². The SMILES string of the molecule is CCC(C)(C)NS(=O)(=O)c1cc2c(cc1[N+](=O)[O-])OCCCO2. The largest absolute Gasteiger partial charge is 0.490 e. The summed E-state index contributed by atoms with van der Waals surface area (Å²) in [5.74, 6) is 0.380. The van der Waals surface area contributed by atoms with Gasteiger partial charge in [0.05, 0.1) is 24.2 Å². The van der Waals surface area contributed by atoms with Crippen LogP contribution in [-0.4, -0.2) is 32.1 Å². The highest BCUT2D eigenvalue weighted by atomic mass is 32.2. The first-order valence-electron chi connectivity index (χ1n) is 7.28. The van der Waals surface area contributed by atoms with E-state index in [1.165, 1.54) is 0 Å². The van der Waals surface area contributed by atoms with Gasteiger partial charge in [0.1, 0.15) is 0 Å². The molecule has 1 heterocycles. The number of rotatable bonds is 5. The van der Waals surface area contributed by atoms with E-state index in [1.54, 1.807) is 13.8 Å². The number of nitro benzene ring substituents is 1.